The number of fused-ring (bicyclic) bond motifs is 2. The van der Waals surface area contributed by atoms with Crippen LogP contribution < -0.4 is 4.74 Å². The topological polar surface area (TPSA) is 233 Å². The summed E-state index contributed by atoms with van der Waals surface area (Å²) in [7, 11) is 0. The number of aromatic hydroxyl groups is 1. The maximum Gasteiger partial charge on any atom is 0.229 e. The third-order valence-electron chi connectivity index (χ3n) is 7.20. The highest BCUT2D eigenvalue weighted by atomic mass is 16.7. The number of aliphatic hydroxyl groups excluding tert-OH is 7. The minimum absolute atomic E-state index is 0.0768. The first-order valence-corrected chi connectivity index (χ1v) is 12.4. The zero-order valence-corrected chi connectivity index (χ0v) is 20.7. The minimum Gasteiger partial charge on any atom is -0.507 e. The van der Waals surface area contributed by atoms with Gasteiger partial charge in [0.15, 0.2) is 17.9 Å². The molecule has 5 rings (SSSR count). The molecule has 9 atom stereocenters. The molecule has 14 nitrogen and oxygen atoms in total. The van der Waals surface area contributed by atoms with E-state index in [1.807, 2.05) is 0 Å². The van der Waals surface area contributed by atoms with Crippen molar-refractivity contribution in [3.8, 4) is 11.5 Å². The van der Waals surface area contributed by atoms with E-state index >= 15 is 0 Å². The van der Waals surface area contributed by atoms with Crippen molar-refractivity contribution < 1.29 is 69.4 Å². The molecule has 2 fully saturated rings. The molecule has 40 heavy (non-hydrogen) atoms. The van der Waals surface area contributed by atoms with Crippen molar-refractivity contribution in [3.05, 3.63) is 58.1 Å². The van der Waals surface area contributed by atoms with Gasteiger partial charge < -0.3 is 59.8 Å². The molecule has 1 aliphatic carbocycles. The Morgan fingerprint density at radius 3 is 2.15 bits per heavy atom. The molecule has 0 saturated carbocycles. The summed E-state index contributed by atoms with van der Waals surface area (Å²) in [6.07, 6.45) is -14.5. The lowest BCUT2D eigenvalue weighted by Crippen LogP contribution is -2.61. The molecule has 2 aromatic rings. The van der Waals surface area contributed by atoms with E-state index in [2.05, 4.69) is 0 Å². The van der Waals surface area contributed by atoms with E-state index in [1.54, 1.807) is 12.1 Å². The minimum atomic E-state index is -1.86. The highest BCUT2D eigenvalue weighted by Crippen LogP contribution is 2.41. The quantitative estimate of drug-likeness (QED) is 0.152. The fourth-order valence-electron chi connectivity index (χ4n) is 4.90. The maximum atomic E-state index is 13.1. The molecule has 0 radical (unpaired) electrons. The van der Waals surface area contributed by atoms with Gasteiger partial charge >= 0.3 is 0 Å². The number of hydrogen-bond acceptors (Lipinski definition) is 14. The van der Waals surface area contributed by atoms with Crippen molar-refractivity contribution >= 4 is 11.6 Å². The summed E-state index contributed by atoms with van der Waals surface area (Å²) < 4.78 is 21.7. The van der Waals surface area contributed by atoms with Crippen LogP contribution in [0.3, 0.4) is 0 Å². The molecule has 3 aliphatic rings. The van der Waals surface area contributed by atoms with Crippen LogP contribution in [0.2, 0.25) is 0 Å². The third kappa shape index (κ3) is 4.77. The molecular formula is C26H28O14. The van der Waals surface area contributed by atoms with Crippen molar-refractivity contribution in [2.75, 3.05) is 13.2 Å². The third-order valence-corrected chi connectivity index (χ3v) is 7.20. The normalized spacial score (nSPS) is 33.8. The molecule has 2 saturated heterocycles. The predicted octanol–water partition coefficient (Wildman–Crippen LogP) is -2.70. The molecule has 0 bridgehead atoms. The zero-order chi connectivity index (χ0) is 28.9. The van der Waals surface area contributed by atoms with Crippen LogP contribution >= 0.6 is 0 Å². The van der Waals surface area contributed by atoms with Crippen LogP contribution in [0.25, 0.3) is 0 Å². The summed E-state index contributed by atoms with van der Waals surface area (Å²) in [5.41, 5.74) is -0.673. The number of carbonyl (C=O) groups is 2. The number of phenols is 1. The smallest absolute Gasteiger partial charge is 0.229 e. The van der Waals surface area contributed by atoms with Crippen LogP contribution in [0.4, 0.5) is 0 Å². The first-order valence-electron chi connectivity index (χ1n) is 12.4. The predicted molar refractivity (Wildman–Crippen MR) is 128 cm³/mol. The Balaban J connectivity index is 1.39. The molecule has 216 valence electrons. The van der Waals surface area contributed by atoms with Gasteiger partial charge in [0.1, 0.15) is 54.2 Å². The molecule has 2 aromatic carbocycles. The number of hydrogen-bond donors (Lipinski definition) is 8. The van der Waals surface area contributed by atoms with Gasteiger partial charge in [0.05, 0.1) is 30.9 Å². The van der Waals surface area contributed by atoms with Crippen molar-refractivity contribution in [3.63, 3.8) is 0 Å². The molecule has 0 amide bonds. The first-order chi connectivity index (χ1) is 19.0. The first kappa shape index (κ1) is 28.5. The van der Waals surface area contributed by atoms with Gasteiger partial charge in [0.2, 0.25) is 6.29 Å². The van der Waals surface area contributed by atoms with Gasteiger partial charge in [-0.25, -0.2) is 0 Å². The molecule has 0 unspecified atom stereocenters. The molecule has 14 heteroatoms. The van der Waals surface area contributed by atoms with Gasteiger partial charge in [-0.1, -0.05) is 24.3 Å². The van der Waals surface area contributed by atoms with Crippen LogP contribution in [0.1, 0.15) is 37.4 Å². The number of carbonyl (C=O) groups excluding carboxylic acids is 2. The zero-order valence-electron chi connectivity index (χ0n) is 20.7. The van der Waals surface area contributed by atoms with Gasteiger partial charge in [-0.3, -0.25) is 9.59 Å². The largest absolute Gasteiger partial charge is 0.507 e. The summed E-state index contributed by atoms with van der Waals surface area (Å²) in [4.78, 5) is 26.2. The Kier molecular flexibility index (Phi) is 7.91. The lowest BCUT2D eigenvalue weighted by Gasteiger charge is -2.41. The highest BCUT2D eigenvalue weighted by molar-refractivity contribution is 6.29. The monoisotopic (exact) mass is 564 g/mol. The Morgan fingerprint density at radius 2 is 1.48 bits per heavy atom. The molecule has 2 heterocycles. The average Bonchev–Trinajstić information content (AvgIpc) is 2.95. The molecule has 0 spiro atoms. The van der Waals surface area contributed by atoms with Gasteiger partial charge in [0, 0.05) is 16.7 Å². The summed E-state index contributed by atoms with van der Waals surface area (Å²) in [6, 6.07) is 7.11. The van der Waals surface area contributed by atoms with Crippen molar-refractivity contribution in [1.82, 2.24) is 0 Å². The number of benzene rings is 2. The molecule has 8 N–H and O–H groups in total. The number of aliphatic hydroxyl groups is 7. The summed E-state index contributed by atoms with van der Waals surface area (Å²) in [5, 5.41) is 81.6. The Morgan fingerprint density at radius 1 is 0.825 bits per heavy atom. The second-order valence-electron chi connectivity index (χ2n) is 9.70. The van der Waals surface area contributed by atoms with Gasteiger partial charge in [0.25, 0.3) is 0 Å². The molecular weight excluding hydrogens is 536 g/mol. The fourth-order valence-corrected chi connectivity index (χ4v) is 4.90. The molecule has 2 aliphatic heterocycles. The van der Waals surface area contributed by atoms with E-state index in [0.717, 1.165) is 6.07 Å². The lowest BCUT2D eigenvalue weighted by atomic mass is 9.82. The number of rotatable bonds is 6. The standard InChI is InChI=1S/C26H28O14/c27-6-12-14(5-11-16(19(12)31)18(30)10-4-2-1-3-9(10)17(11)29)39-26-24(36)22(34)21(33)15(40-26)8-38-25-23(35)20(32)13(28)7-37-25/h1-5,13,15,20-28,31-36H,6-8H2/t13-,15-,20+,21-,22+,23-,24-,25+,26-/m0/s1. The lowest BCUT2D eigenvalue weighted by molar-refractivity contribution is -0.307. The van der Waals surface area contributed by atoms with E-state index in [1.165, 1.54) is 12.1 Å². The summed E-state index contributed by atoms with van der Waals surface area (Å²) >= 11 is 0. The Labute approximate surface area is 226 Å². The van der Waals surface area contributed by atoms with Crippen LogP contribution in [0, 0.1) is 0 Å². The van der Waals surface area contributed by atoms with Gasteiger partial charge in [-0.05, 0) is 6.07 Å². The van der Waals surface area contributed by atoms with Crippen LogP contribution in [0.15, 0.2) is 30.3 Å². The van der Waals surface area contributed by atoms with Crippen LogP contribution in [-0.4, -0.2) is 121 Å². The average molecular weight is 564 g/mol. The van der Waals surface area contributed by atoms with Crippen LogP contribution in [-0.2, 0) is 20.8 Å². The van der Waals surface area contributed by atoms with Crippen molar-refractivity contribution in [1.29, 1.82) is 0 Å². The van der Waals surface area contributed by atoms with Crippen molar-refractivity contribution in [2.45, 2.75) is 61.9 Å². The van der Waals surface area contributed by atoms with E-state index in [9.17, 15) is 50.4 Å². The number of ketones is 2. The van der Waals surface area contributed by atoms with Crippen LogP contribution in [0.5, 0.6) is 11.5 Å². The maximum absolute atomic E-state index is 13.1. The number of ether oxygens (including phenoxy) is 4. The Bertz CT molecular complexity index is 1300. The van der Waals surface area contributed by atoms with Gasteiger partial charge in [-0.15, -0.1) is 0 Å². The highest BCUT2D eigenvalue weighted by Gasteiger charge is 2.47. The second kappa shape index (κ2) is 11.1. The van der Waals surface area contributed by atoms with Crippen molar-refractivity contribution in [2.24, 2.45) is 0 Å². The second-order valence-corrected chi connectivity index (χ2v) is 9.70. The SMILES string of the molecule is O=C1c2ccccc2C(=O)c2c1cc(O[C@H]1O[C@@H](CO[C@H]3OC[C@H](O)[C@@H](O)[C@@H]3O)[C@H](O)[C@@H](O)[C@@H]1O)c(CO)c2O. The Hall–Kier alpha value is -3.02. The van der Waals surface area contributed by atoms with E-state index in [4.69, 9.17) is 18.9 Å². The van der Waals surface area contributed by atoms with E-state index < -0.39 is 85.8 Å². The van der Waals surface area contributed by atoms with E-state index in [0.29, 0.717) is 0 Å². The van der Waals surface area contributed by atoms with E-state index in [-0.39, 0.29) is 40.2 Å². The summed E-state index contributed by atoms with van der Waals surface area (Å²) in [5.74, 6) is -2.29. The van der Waals surface area contributed by atoms with Gasteiger partial charge in [-0.2, -0.15) is 0 Å². The fraction of sp³-hybridized carbons (Fsp3) is 0.462. The summed E-state index contributed by atoms with van der Waals surface area (Å²) in [6.45, 7) is -1.73. The molecule has 0 aromatic heterocycles.